The van der Waals surface area contributed by atoms with E-state index in [4.69, 9.17) is 5.10 Å². The van der Waals surface area contributed by atoms with Crippen LogP contribution >= 0.6 is 11.8 Å². The molecule has 4 heteroatoms. The highest BCUT2D eigenvalue weighted by molar-refractivity contribution is 7.99. The maximum atomic E-state index is 4.87. The van der Waals surface area contributed by atoms with Gasteiger partial charge in [-0.25, -0.2) is 0 Å². The molecule has 3 rings (SSSR count). The first-order valence-electron chi connectivity index (χ1n) is 8.22. The predicted octanol–water partition coefficient (Wildman–Crippen LogP) is 3.27. The van der Waals surface area contributed by atoms with Crippen LogP contribution in [0, 0.1) is 5.92 Å². The van der Waals surface area contributed by atoms with Crippen molar-refractivity contribution in [1.29, 1.82) is 0 Å². The SMILES string of the molecule is CCNC1CSCC1Cc1ccn(C2CCCCC2)n1. The molecule has 1 aromatic rings. The Hall–Kier alpha value is -0.480. The van der Waals surface area contributed by atoms with Crippen molar-refractivity contribution in [3.63, 3.8) is 0 Å². The van der Waals surface area contributed by atoms with Crippen molar-refractivity contribution in [3.8, 4) is 0 Å². The van der Waals surface area contributed by atoms with Crippen LogP contribution in [0.2, 0.25) is 0 Å². The van der Waals surface area contributed by atoms with Gasteiger partial charge in [0.1, 0.15) is 0 Å². The van der Waals surface area contributed by atoms with E-state index in [0.29, 0.717) is 12.1 Å². The number of aromatic nitrogens is 2. The minimum absolute atomic E-state index is 0.667. The fourth-order valence-corrected chi connectivity index (χ4v) is 5.02. The third-order valence-corrected chi connectivity index (χ3v) is 6.01. The summed E-state index contributed by atoms with van der Waals surface area (Å²) in [7, 11) is 0. The van der Waals surface area contributed by atoms with Crippen molar-refractivity contribution in [2.24, 2.45) is 5.92 Å². The average Bonchev–Trinajstić information content (AvgIpc) is 3.11. The van der Waals surface area contributed by atoms with Gasteiger partial charge < -0.3 is 5.32 Å². The Kier molecular flexibility index (Phi) is 5.05. The summed E-state index contributed by atoms with van der Waals surface area (Å²) in [5, 5.41) is 8.50. The molecule has 112 valence electrons. The van der Waals surface area contributed by atoms with E-state index in [1.165, 1.54) is 49.3 Å². The molecule has 1 saturated heterocycles. The molecule has 3 nitrogen and oxygen atoms in total. The molecule has 1 N–H and O–H groups in total. The Labute approximate surface area is 126 Å². The van der Waals surface area contributed by atoms with E-state index in [2.05, 4.69) is 40.9 Å². The summed E-state index contributed by atoms with van der Waals surface area (Å²) < 4.78 is 2.25. The third-order valence-electron chi connectivity index (χ3n) is 4.75. The second-order valence-corrected chi connectivity index (χ2v) is 7.32. The fourth-order valence-electron chi connectivity index (χ4n) is 3.59. The molecule has 1 aliphatic heterocycles. The first-order valence-corrected chi connectivity index (χ1v) is 9.37. The van der Waals surface area contributed by atoms with E-state index in [1.807, 2.05) is 0 Å². The smallest absolute Gasteiger partial charge is 0.0628 e. The zero-order chi connectivity index (χ0) is 13.8. The highest BCUT2D eigenvalue weighted by Gasteiger charge is 2.28. The lowest BCUT2D eigenvalue weighted by Crippen LogP contribution is -2.36. The van der Waals surface area contributed by atoms with Crippen molar-refractivity contribution < 1.29 is 0 Å². The zero-order valence-corrected chi connectivity index (χ0v) is 13.4. The summed E-state index contributed by atoms with van der Waals surface area (Å²) in [5.41, 5.74) is 1.30. The molecule has 20 heavy (non-hydrogen) atoms. The van der Waals surface area contributed by atoms with Gasteiger partial charge in [0, 0.05) is 18.0 Å². The Bertz CT molecular complexity index is 412. The minimum Gasteiger partial charge on any atom is -0.313 e. The highest BCUT2D eigenvalue weighted by atomic mass is 32.2. The van der Waals surface area contributed by atoms with Gasteiger partial charge in [-0.05, 0) is 43.5 Å². The monoisotopic (exact) mass is 293 g/mol. The largest absolute Gasteiger partial charge is 0.313 e. The van der Waals surface area contributed by atoms with Crippen molar-refractivity contribution >= 4 is 11.8 Å². The van der Waals surface area contributed by atoms with Gasteiger partial charge in [-0.3, -0.25) is 4.68 Å². The van der Waals surface area contributed by atoms with Crippen LogP contribution in [0.25, 0.3) is 0 Å². The molecule has 0 spiro atoms. The number of thioether (sulfide) groups is 1. The number of hydrogen-bond donors (Lipinski definition) is 1. The number of rotatable bonds is 5. The zero-order valence-electron chi connectivity index (χ0n) is 12.6. The first-order chi connectivity index (χ1) is 9.86. The van der Waals surface area contributed by atoms with E-state index >= 15 is 0 Å². The van der Waals surface area contributed by atoms with Gasteiger partial charge in [0.25, 0.3) is 0 Å². The van der Waals surface area contributed by atoms with E-state index in [0.717, 1.165) is 18.9 Å². The molecule has 1 saturated carbocycles. The second kappa shape index (κ2) is 6.99. The van der Waals surface area contributed by atoms with Crippen LogP contribution in [0.5, 0.6) is 0 Å². The van der Waals surface area contributed by atoms with Crippen molar-refractivity contribution in [1.82, 2.24) is 15.1 Å². The molecule has 0 amide bonds. The molecule has 2 unspecified atom stereocenters. The van der Waals surface area contributed by atoms with Crippen LogP contribution in [0.4, 0.5) is 0 Å². The quantitative estimate of drug-likeness (QED) is 0.903. The fraction of sp³-hybridized carbons (Fsp3) is 0.812. The maximum Gasteiger partial charge on any atom is 0.0628 e. The molecule has 0 radical (unpaired) electrons. The van der Waals surface area contributed by atoms with Crippen LogP contribution in [-0.4, -0.2) is 33.9 Å². The average molecular weight is 293 g/mol. The second-order valence-electron chi connectivity index (χ2n) is 6.24. The number of hydrogen-bond acceptors (Lipinski definition) is 3. The molecular formula is C16H27N3S. The van der Waals surface area contributed by atoms with Crippen LogP contribution in [0.15, 0.2) is 12.3 Å². The normalized spacial score (nSPS) is 28.1. The lowest BCUT2D eigenvalue weighted by molar-refractivity contribution is 0.326. The summed E-state index contributed by atoms with van der Waals surface area (Å²) in [6.45, 7) is 3.29. The molecule has 2 aliphatic rings. The summed E-state index contributed by atoms with van der Waals surface area (Å²) >= 11 is 2.09. The third kappa shape index (κ3) is 3.40. The Morgan fingerprint density at radius 3 is 2.95 bits per heavy atom. The van der Waals surface area contributed by atoms with E-state index < -0.39 is 0 Å². The van der Waals surface area contributed by atoms with E-state index in [-0.39, 0.29) is 0 Å². The van der Waals surface area contributed by atoms with Crippen molar-refractivity contribution in [3.05, 3.63) is 18.0 Å². The van der Waals surface area contributed by atoms with Crippen molar-refractivity contribution in [2.75, 3.05) is 18.1 Å². The number of nitrogens with one attached hydrogen (secondary N) is 1. The molecule has 2 heterocycles. The molecular weight excluding hydrogens is 266 g/mol. The van der Waals surface area contributed by atoms with Crippen LogP contribution < -0.4 is 5.32 Å². The summed E-state index contributed by atoms with van der Waals surface area (Å²) in [6.07, 6.45) is 10.2. The van der Waals surface area contributed by atoms with Crippen LogP contribution in [0.3, 0.4) is 0 Å². The van der Waals surface area contributed by atoms with Crippen LogP contribution in [-0.2, 0) is 6.42 Å². The lowest BCUT2D eigenvalue weighted by atomic mass is 9.96. The standard InChI is InChI=1S/C16H27N3S/c1-2-17-16-12-20-11-13(16)10-14-8-9-19(18-14)15-6-4-3-5-7-15/h8-9,13,15-17H,2-7,10-12H2,1H3. The molecule has 2 atom stereocenters. The summed E-state index contributed by atoms with van der Waals surface area (Å²) in [5.74, 6) is 3.31. The topological polar surface area (TPSA) is 29.9 Å². The maximum absolute atomic E-state index is 4.87. The lowest BCUT2D eigenvalue weighted by Gasteiger charge is -2.22. The molecule has 0 aromatic carbocycles. The highest BCUT2D eigenvalue weighted by Crippen LogP contribution is 2.29. The van der Waals surface area contributed by atoms with Gasteiger partial charge in [0.05, 0.1) is 11.7 Å². The van der Waals surface area contributed by atoms with Gasteiger partial charge in [0.15, 0.2) is 0 Å². The Balaban J connectivity index is 1.59. The van der Waals surface area contributed by atoms with Gasteiger partial charge in [-0.1, -0.05) is 26.2 Å². The molecule has 1 aromatic heterocycles. The minimum atomic E-state index is 0.667. The van der Waals surface area contributed by atoms with Crippen LogP contribution in [0.1, 0.15) is 50.8 Å². The predicted molar refractivity (Wildman–Crippen MR) is 86.3 cm³/mol. The van der Waals surface area contributed by atoms with Gasteiger partial charge in [-0.15, -0.1) is 0 Å². The van der Waals surface area contributed by atoms with Gasteiger partial charge in [-0.2, -0.15) is 16.9 Å². The summed E-state index contributed by atoms with van der Waals surface area (Å²) in [4.78, 5) is 0. The number of nitrogens with zero attached hydrogens (tertiary/aromatic N) is 2. The molecule has 1 aliphatic carbocycles. The van der Waals surface area contributed by atoms with Crippen molar-refractivity contribution in [2.45, 2.75) is 57.5 Å². The first kappa shape index (κ1) is 14.5. The molecule has 0 bridgehead atoms. The van der Waals surface area contributed by atoms with Gasteiger partial charge >= 0.3 is 0 Å². The molecule has 2 fully saturated rings. The Morgan fingerprint density at radius 1 is 1.30 bits per heavy atom. The van der Waals surface area contributed by atoms with Gasteiger partial charge in [0.2, 0.25) is 0 Å². The summed E-state index contributed by atoms with van der Waals surface area (Å²) in [6, 6.07) is 3.60. The van der Waals surface area contributed by atoms with E-state index in [9.17, 15) is 0 Å². The van der Waals surface area contributed by atoms with E-state index in [1.54, 1.807) is 0 Å². The Morgan fingerprint density at radius 2 is 2.15 bits per heavy atom.